The van der Waals surface area contributed by atoms with Crippen molar-refractivity contribution in [1.29, 1.82) is 0 Å². The standard InChI is InChI=1S/C29H44N2S2/c1-3-5-7-9-11-13-15-29(16-14-12-10-8-6-4-2)23-19-27(32)25(30)17-21(23)22-18-26(31)28(33)20-24(22)29/h17-20,32-33H,3-16,30-31H2,1-2H3. The van der Waals surface area contributed by atoms with Crippen LogP contribution in [-0.4, -0.2) is 0 Å². The van der Waals surface area contributed by atoms with E-state index in [9.17, 15) is 0 Å². The summed E-state index contributed by atoms with van der Waals surface area (Å²) in [4.78, 5) is 1.77. The highest BCUT2D eigenvalue weighted by Gasteiger charge is 2.43. The van der Waals surface area contributed by atoms with E-state index in [4.69, 9.17) is 36.7 Å². The fraction of sp³-hybridized carbons (Fsp3) is 0.586. The number of benzene rings is 2. The van der Waals surface area contributed by atoms with E-state index in [1.54, 1.807) is 0 Å². The van der Waals surface area contributed by atoms with Crippen LogP contribution in [0.15, 0.2) is 34.1 Å². The van der Waals surface area contributed by atoms with Crippen molar-refractivity contribution in [3.8, 4) is 11.1 Å². The average Bonchev–Trinajstić information content (AvgIpc) is 3.02. The van der Waals surface area contributed by atoms with E-state index in [2.05, 4.69) is 38.1 Å². The summed E-state index contributed by atoms with van der Waals surface area (Å²) in [6.45, 7) is 4.56. The maximum atomic E-state index is 6.32. The van der Waals surface area contributed by atoms with Crippen molar-refractivity contribution < 1.29 is 0 Å². The Bertz CT molecular complexity index is 847. The molecule has 0 spiro atoms. The fourth-order valence-electron chi connectivity index (χ4n) is 5.67. The Morgan fingerprint density at radius 3 is 1.33 bits per heavy atom. The predicted octanol–water partition coefficient (Wildman–Crippen LogP) is 9.20. The van der Waals surface area contributed by atoms with Crippen LogP contribution in [0.2, 0.25) is 0 Å². The van der Waals surface area contributed by atoms with Gasteiger partial charge in [-0.3, -0.25) is 0 Å². The van der Waals surface area contributed by atoms with Gasteiger partial charge in [0.05, 0.1) is 0 Å². The van der Waals surface area contributed by atoms with Gasteiger partial charge in [0.2, 0.25) is 0 Å². The monoisotopic (exact) mass is 484 g/mol. The average molecular weight is 485 g/mol. The molecule has 2 aromatic rings. The van der Waals surface area contributed by atoms with Crippen LogP contribution in [0.3, 0.4) is 0 Å². The second kappa shape index (κ2) is 12.4. The molecule has 3 rings (SSSR count). The van der Waals surface area contributed by atoms with Crippen molar-refractivity contribution in [2.75, 3.05) is 11.5 Å². The van der Waals surface area contributed by atoms with Gasteiger partial charge in [-0.05, 0) is 59.4 Å². The summed E-state index contributed by atoms with van der Waals surface area (Å²) in [6.07, 6.45) is 18.1. The molecular formula is C29H44N2S2. The minimum absolute atomic E-state index is 0.0105. The first-order valence-corrected chi connectivity index (χ1v) is 14.1. The van der Waals surface area contributed by atoms with Crippen LogP contribution >= 0.6 is 25.3 Å². The fourth-order valence-corrected chi connectivity index (χ4v) is 6.06. The van der Waals surface area contributed by atoms with E-state index in [1.165, 1.54) is 112 Å². The van der Waals surface area contributed by atoms with E-state index in [1.807, 2.05) is 0 Å². The van der Waals surface area contributed by atoms with Gasteiger partial charge in [0.1, 0.15) is 0 Å². The van der Waals surface area contributed by atoms with E-state index < -0.39 is 0 Å². The molecule has 0 amide bonds. The molecule has 0 bridgehead atoms. The van der Waals surface area contributed by atoms with Crippen LogP contribution < -0.4 is 11.5 Å². The van der Waals surface area contributed by atoms with Gasteiger partial charge >= 0.3 is 0 Å². The molecule has 0 saturated carbocycles. The summed E-state index contributed by atoms with van der Waals surface area (Å²) in [5, 5.41) is 0. The van der Waals surface area contributed by atoms with Crippen molar-refractivity contribution in [2.24, 2.45) is 0 Å². The smallest absolute Gasteiger partial charge is 0.0456 e. The van der Waals surface area contributed by atoms with Crippen LogP contribution in [0.25, 0.3) is 11.1 Å². The van der Waals surface area contributed by atoms with Crippen molar-refractivity contribution in [3.05, 3.63) is 35.4 Å². The lowest BCUT2D eigenvalue weighted by molar-refractivity contribution is 0.397. The molecule has 0 fully saturated rings. The van der Waals surface area contributed by atoms with E-state index in [0.29, 0.717) is 0 Å². The summed E-state index contributed by atoms with van der Waals surface area (Å²) < 4.78 is 0. The maximum absolute atomic E-state index is 6.32. The summed E-state index contributed by atoms with van der Waals surface area (Å²) in [7, 11) is 0. The zero-order valence-corrected chi connectivity index (χ0v) is 22.5. The number of hydrogen-bond donors (Lipinski definition) is 4. The van der Waals surface area contributed by atoms with Gasteiger partial charge in [-0.2, -0.15) is 0 Å². The van der Waals surface area contributed by atoms with E-state index in [-0.39, 0.29) is 5.41 Å². The SMILES string of the molecule is CCCCCCCCC1(CCCCCCCC)c2cc(S)c(N)cc2-c2cc(N)c(S)cc21. The second-order valence-electron chi connectivity index (χ2n) is 10.0. The van der Waals surface area contributed by atoms with Gasteiger partial charge < -0.3 is 11.5 Å². The first-order chi connectivity index (χ1) is 15.9. The topological polar surface area (TPSA) is 52.0 Å². The molecule has 2 aromatic carbocycles. The summed E-state index contributed by atoms with van der Waals surface area (Å²) in [5.74, 6) is 0. The second-order valence-corrected chi connectivity index (χ2v) is 11.0. The Labute approximate surface area is 213 Å². The van der Waals surface area contributed by atoms with Crippen LogP contribution in [0.5, 0.6) is 0 Å². The number of nitrogens with two attached hydrogens (primary N) is 2. The zero-order valence-electron chi connectivity index (χ0n) is 20.8. The number of fused-ring (bicyclic) bond motifs is 3. The molecule has 1 aliphatic carbocycles. The third-order valence-electron chi connectivity index (χ3n) is 7.57. The summed E-state index contributed by atoms with van der Waals surface area (Å²) >= 11 is 9.45. The molecule has 4 N–H and O–H groups in total. The van der Waals surface area contributed by atoms with Crippen LogP contribution in [0.1, 0.15) is 115 Å². The first-order valence-electron chi connectivity index (χ1n) is 13.2. The lowest BCUT2D eigenvalue weighted by Gasteiger charge is -2.33. The van der Waals surface area contributed by atoms with Crippen LogP contribution in [-0.2, 0) is 5.41 Å². The molecule has 33 heavy (non-hydrogen) atoms. The van der Waals surface area contributed by atoms with Gasteiger partial charge in [0, 0.05) is 26.6 Å². The van der Waals surface area contributed by atoms with E-state index in [0.717, 1.165) is 21.2 Å². The van der Waals surface area contributed by atoms with Crippen molar-refractivity contribution in [2.45, 2.75) is 119 Å². The highest BCUT2D eigenvalue weighted by molar-refractivity contribution is 7.80. The predicted molar refractivity (Wildman–Crippen MR) is 152 cm³/mol. The zero-order chi connectivity index (χ0) is 23.8. The number of hydrogen-bond acceptors (Lipinski definition) is 4. The molecule has 1 aliphatic rings. The highest BCUT2D eigenvalue weighted by atomic mass is 32.1. The summed E-state index contributed by atoms with van der Waals surface area (Å²) in [6, 6.07) is 8.74. The Hall–Kier alpha value is -1.26. The summed E-state index contributed by atoms with van der Waals surface area (Å²) in [5.41, 5.74) is 19.4. The molecule has 2 nitrogen and oxygen atoms in total. The number of anilines is 2. The molecule has 0 saturated heterocycles. The molecule has 0 unspecified atom stereocenters. The largest absolute Gasteiger partial charge is 0.398 e. The molecular weight excluding hydrogens is 440 g/mol. The maximum Gasteiger partial charge on any atom is 0.0456 e. The van der Waals surface area contributed by atoms with Crippen molar-refractivity contribution >= 4 is 36.6 Å². The Morgan fingerprint density at radius 2 is 0.939 bits per heavy atom. The molecule has 0 atom stereocenters. The first kappa shape index (κ1) is 26.3. The molecule has 0 aliphatic heterocycles. The highest BCUT2D eigenvalue weighted by Crippen LogP contribution is 2.56. The Balaban J connectivity index is 1.94. The van der Waals surface area contributed by atoms with Crippen LogP contribution in [0.4, 0.5) is 11.4 Å². The van der Waals surface area contributed by atoms with Gasteiger partial charge in [-0.1, -0.05) is 90.9 Å². The van der Waals surface area contributed by atoms with Gasteiger partial charge in [0.15, 0.2) is 0 Å². The molecule has 0 heterocycles. The minimum Gasteiger partial charge on any atom is -0.398 e. The molecule has 0 radical (unpaired) electrons. The molecule has 182 valence electrons. The number of thiol groups is 2. The van der Waals surface area contributed by atoms with Gasteiger partial charge in [-0.15, -0.1) is 25.3 Å². The quantitative estimate of drug-likeness (QED) is 0.123. The number of nitrogen functional groups attached to an aromatic ring is 2. The van der Waals surface area contributed by atoms with Crippen molar-refractivity contribution in [3.63, 3.8) is 0 Å². The normalized spacial score (nSPS) is 13.8. The third-order valence-corrected chi connectivity index (χ3v) is 8.34. The minimum atomic E-state index is 0.0105. The lowest BCUT2D eigenvalue weighted by Crippen LogP contribution is -2.26. The molecule has 4 heteroatoms. The van der Waals surface area contributed by atoms with Crippen molar-refractivity contribution in [1.82, 2.24) is 0 Å². The van der Waals surface area contributed by atoms with Gasteiger partial charge in [0.25, 0.3) is 0 Å². The third kappa shape index (κ3) is 6.06. The number of unbranched alkanes of at least 4 members (excludes halogenated alkanes) is 10. The van der Waals surface area contributed by atoms with E-state index >= 15 is 0 Å². The lowest BCUT2D eigenvalue weighted by atomic mass is 9.70. The Morgan fingerprint density at radius 1 is 0.576 bits per heavy atom. The number of rotatable bonds is 14. The van der Waals surface area contributed by atoms with Gasteiger partial charge in [-0.25, -0.2) is 0 Å². The molecule has 0 aromatic heterocycles. The van der Waals surface area contributed by atoms with Crippen LogP contribution in [0, 0.1) is 0 Å². The Kier molecular flexibility index (Phi) is 9.94.